The molecule has 1 aliphatic rings. The summed E-state index contributed by atoms with van der Waals surface area (Å²) in [4.78, 5) is 28.3. The molecule has 0 fully saturated rings. The van der Waals surface area contributed by atoms with Gasteiger partial charge in [0.15, 0.2) is 16.9 Å². The van der Waals surface area contributed by atoms with Crippen molar-refractivity contribution in [3.8, 4) is 11.5 Å². The van der Waals surface area contributed by atoms with Crippen LogP contribution in [0.3, 0.4) is 0 Å². The number of ether oxygens (including phenoxy) is 2. The van der Waals surface area contributed by atoms with Gasteiger partial charge in [-0.3, -0.25) is 9.59 Å². The van der Waals surface area contributed by atoms with E-state index < -0.39 is 23.2 Å². The highest BCUT2D eigenvalue weighted by Crippen LogP contribution is 2.43. The third-order valence-electron chi connectivity index (χ3n) is 5.51. The number of phenolic OH excluding ortho intramolecular Hbond substituents is 1. The van der Waals surface area contributed by atoms with Crippen LogP contribution in [-0.4, -0.2) is 42.3 Å². The second-order valence-electron chi connectivity index (χ2n) is 8.04. The number of rotatable bonds is 7. The predicted molar refractivity (Wildman–Crippen MR) is 123 cm³/mol. The van der Waals surface area contributed by atoms with Crippen molar-refractivity contribution < 1.29 is 28.2 Å². The topological polar surface area (TPSA) is 89.2 Å². The van der Waals surface area contributed by atoms with E-state index in [0.717, 1.165) is 6.07 Å². The minimum absolute atomic E-state index is 0.0491. The normalized spacial score (nSPS) is 15.5. The Kier molecular flexibility index (Phi) is 6.45. The van der Waals surface area contributed by atoms with Crippen LogP contribution in [0.1, 0.15) is 48.0 Å². The highest BCUT2D eigenvalue weighted by atomic mass is 79.9. The van der Waals surface area contributed by atoms with Crippen molar-refractivity contribution in [1.82, 2.24) is 4.90 Å². The molecule has 2 heterocycles. The number of nitrogens with zero attached hydrogens (tertiary/aromatic N) is 1. The quantitative estimate of drug-likeness (QED) is 0.452. The molecule has 0 bridgehead atoms. The van der Waals surface area contributed by atoms with E-state index in [9.17, 15) is 19.1 Å². The minimum atomic E-state index is -0.804. The van der Waals surface area contributed by atoms with Gasteiger partial charge in [0.05, 0.1) is 34.7 Å². The summed E-state index contributed by atoms with van der Waals surface area (Å²) < 4.78 is 30.9. The molecule has 0 spiro atoms. The summed E-state index contributed by atoms with van der Waals surface area (Å²) in [6.07, 6.45) is 0.584. The highest BCUT2D eigenvalue weighted by Gasteiger charge is 2.43. The number of carbonyl (C=O) groups excluding carboxylic acids is 1. The van der Waals surface area contributed by atoms with Crippen molar-refractivity contribution in [2.75, 3.05) is 20.3 Å². The van der Waals surface area contributed by atoms with Gasteiger partial charge >= 0.3 is 0 Å². The fourth-order valence-electron chi connectivity index (χ4n) is 4.03. The van der Waals surface area contributed by atoms with Crippen molar-refractivity contribution in [3.63, 3.8) is 0 Å². The van der Waals surface area contributed by atoms with Gasteiger partial charge in [-0.2, -0.15) is 0 Å². The largest absolute Gasteiger partial charge is 0.503 e. The van der Waals surface area contributed by atoms with E-state index in [1.54, 1.807) is 12.1 Å². The van der Waals surface area contributed by atoms with Crippen molar-refractivity contribution >= 4 is 32.8 Å². The van der Waals surface area contributed by atoms with Gasteiger partial charge in [-0.15, -0.1) is 0 Å². The van der Waals surface area contributed by atoms with Gasteiger partial charge in [-0.05, 0) is 72.1 Å². The Morgan fingerprint density at radius 3 is 2.70 bits per heavy atom. The van der Waals surface area contributed by atoms with Crippen molar-refractivity contribution in [3.05, 3.63) is 67.7 Å². The first-order valence-corrected chi connectivity index (χ1v) is 11.3. The van der Waals surface area contributed by atoms with Crippen LogP contribution in [0.5, 0.6) is 11.5 Å². The number of phenols is 1. The van der Waals surface area contributed by atoms with E-state index in [1.165, 1.54) is 24.1 Å². The van der Waals surface area contributed by atoms with Gasteiger partial charge in [0.25, 0.3) is 5.91 Å². The zero-order valence-corrected chi connectivity index (χ0v) is 19.9. The number of hydrogen-bond donors (Lipinski definition) is 1. The van der Waals surface area contributed by atoms with E-state index in [1.807, 2.05) is 13.8 Å². The fourth-order valence-corrected chi connectivity index (χ4v) is 4.49. The summed E-state index contributed by atoms with van der Waals surface area (Å²) in [5.41, 5.74) is 0.328. The van der Waals surface area contributed by atoms with E-state index in [-0.39, 0.29) is 39.9 Å². The summed E-state index contributed by atoms with van der Waals surface area (Å²) >= 11 is 3.30. The van der Waals surface area contributed by atoms with Crippen LogP contribution < -0.4 is 10.2 Å². The van der Waals surface area contributed by atoms with Crippen LogP contribution in [0.15, 0.2) is 44.0 Å². The van der Waals surface area contributed by atoms with Crippen molar-refractivity contribution in [2.45, 2.75) is 32.4 Å². The molecule has 0 saturated heterocycles. The lowest BCUT2D eigenvalue weighted by Gasteiger charge is -2.26. The van der Waals surface area contributed by atoms with Crippen molar-refractivity contribution in [2.24, 2.45) is 0 Å². The molecule has 0 radical (unpaired) electrons. The molecule has 174 valence electrons. The molecule has 1 aromatic heterocycles. The number of benzene rings is 2. The van der Waals surface area contributed by atoms with Gasteiger partial charge in [-0.25, -0.2) is 4.39 Å². The maximum atomic E-state index is 13.9. The van der Waals surface area contributed by atoms with Gasteiger partial charge in [0, 0.05) is 13.2 Å². The summed E-state index contributed by atoms with van der Waals surface area (Å²) in [6.45, 7) is 4.58. The molecule has 1 N–H and O–H groups in total. The maximum absolute atomic E-state index is 13.9. The summed E-state index contributed by atoms with van der Waals surface area (Å²) in [6, 6.07) is 6.01. The van der Waals surface area contributed by atoms with Gasteiger partial charge < -0.3 is 23.9 Å². The minimum Gasteiger partial charge on any atom is -0.503 e. The SMILES string of the molecule is COc1cc(C2c3c(oc4ccc(F)cc4c3=O)C(=O)N2CCCOC(C)C)cc(Br)c1O. The molecule has 1 atom stereocenters. The average Bonchev–Trinajstić information content (AvgIpc) is 3.05. The average molecular weight is 520 g/mol. The lowest BCUT2D eigenvalue weighted by Crippen LogP contribution is -2.31. The molecule has 2 aromatic carbocycles. The second-order valence-corrected chi connectivity index (χ2v) is 8.90. The zero-order valence-electron chi connectivity index (χ0n) is 18.4. The highest BCUT2D eigenvalue weighted by molar-refractivity contribution is 9.10. The summed E-state index contributed by atoms with van der Waals surface area (Å²) in [5.74, 6) is -1.01. The number of hydrogen-bond acceptors (Lipinski definition) is 6. The second kappa shape index (κ2) is 9.15. The van der Waals surface area contributed by atoms with E-state index in [0.29, 0.717) is 29.6 Å². The smallest absolute Gasteiger partial charge is 0.290 e. The summed E-state index contributed by atoms with van der Waals surface area (Å²) in [5, 5.41) is 10.3. The Bertz CT molecular complexity index is 1290. The Morgan fingerprint density at radius 2 is 2.00 bits per heavy atom. The molecule has 1 aliphatic heterocycles. The number of fused-ring (bicyclic) bond motifs is 2. The molecule has 0 aliphatic carbocycles. The first-order chi connectivity index (χ1) is 15.7. The van der Waals surface area contributed by atoms with E-state index >= 15 is 0 Å². The Balaban J connectivity index is 1.88. The van der Waals surface area contributed by atoms with Crippen LogP contribution in [0.2, 0.25) is 0 Å². The molecule has 1 amide bonds. The molecule has 0 saturated carbocycles. The summed E-state index contributed by atoms with van der Waals surface area (Å²) in [7, 11) is 1.41. The fraction of sp³-hybridized carbons (Fsp3) is 0.333. The third kappa shape index (κ3) is 4.22. The van der Waals surface area contributed by atoms with E-state index in [2.05, 4.69) is 15.9 Å². The number of methoxy groups -OCH3 is 1. The molecule has 3 aromatic rings. The Hall–Kier alpha value is -2.91. The van der Waals surface area contributed by atoms with Crippen molar-refractivity contribution in [1.29, 1.82) is 0 Å². The molecular formula is C24H23BrFNO6. The standard InChI is InChI=1S/C24H23BrFNO6/c1-12(2)32-8-4-7-27-20(13-9-16(25)22(29)18(10-13)31-3)19-21(28)15-11-14(26)5-6-17(15)33-23(19)24(27)30/h5-6,9-12,20,29H,4,7-8H2,1-3H3. The first kappa shape index (κ1) is 23.3. The lowest BCUT2D eigenvalue weighted by atomic mass is 9.98. The third-order valence-corrected chi connectivity index (χ3v) is 6.11. The first-order valence-electron chi connectivity index (χ1n) is 10.5. The van der Waals surface area contributed by atoms with Crippen LogP contribution in [0, 0.1) is 5.82 Å². The van der Waals surface area contributed by atoms with E-state index in [4.69, 9.17) is 13.9 Å². The van der Waals surface area contributed by atoms with Crippen LogP contribution in [0.25, 0.3) is 11.0 Å². The monoisotopic (exact) mass is 519 g/mol. The van der Waals surface area contributed by atoms with Gasteiger partial charge in [0.1, 0.15) is 11.4 Å². The number of amides is 1. The number of halogens is 2. The molecule has 4 rings (SSSR count). The lowest BCUT2D eigenvalue weighted by molar-refractivity contribution is 0.0593. The number of carbonyl (C=O) groups is 1. The molecular weight excluding hydrogens is 497 g/mol. The van der Waals surface area contributed by atoms with Gasteiger partial charge in [-0.1, -0.05) is 0 Å². The Morgan fingerprint density at radius 1 is 1.24 bits per heavy atom. The van der Waals surface area contributed by atoms with Crippen LogP contribution in [-0.2, 0) is 4.74 Å². The zero-order chi connectivity index (χ0) is 23.9. The molecule has 33 heavy (non-hydrogen) atoms. The van der Waals surface area contributed by atoms with Gasteiger partial charge in [0.2, 0.25) is 5.76 Å². The predicted octanol–water partition coefficient (Wildman–Crippen LogP) is 4.77. The van der Waals surface area contributed by atoms with Crippen LogP contribution in [0.4, 0.5) is 4.39 Å². The van der Waals surface area contributed by atoms with Crippen LogP contribution >= 0.6 is 15.9 Å². The Labute approximate surface area is 197 Å². The molecule has 9 heteroatoms. The molecule has 1 unspecified atom stereocenters. The number of aromatic hydroxyl groups is 1. The molecule has 7 nitrogen and oxygen atoms in total. The maximum Gasteiger partial charge on any atom is 0.290 e.